The van der Waals surface area contributed by atoms with Crippen LogP contribution in [0.4, 0.5) is 0 Å². The molecule has 0 aliphatic carbocycles. The number of hydrogen-bond donors (Lipinski definition) is 1. The Hall–Kier alpha value is -1.80. The molecule has 0 bridgehead atoms. The minimum atomic E-state index is 0.832. The summed E-state index contributed by atoms with van der Waals surface area (Å²) in [5.74, 6) is 0.943. The first-order valence-electron chi connectivity index (χ1n) is 7.11. The number of aryl methyl sites for hydroxylation is 2. The molecule has 0 unspecified atom stereocenters. The van der Waals surface area contributed by atoms with E-state index in [4.69, 9.17) is 4.74 Å². The summed E-state index contributed by atoms with van der Waals surface area (Å²) < 4.78 is 5.44. The molecule has 2 nitrogen and oxygen atoms in total. The summed E-state index contributed by atoms with van der Waals surface area (Å²) in [6.07, 6.45) is 0. The number of benzene rings is 2. The van der Waals surface area contributed by atoms with Gasteiger partial charge in [0.25, 0.3) is 0 Å². The Bertz CT molecular complexity index is 590. The second kappa shape index (κ2) is 6.58. The number of methoxy groups -OCH3 is 1. The highest BCUT2D eigenvalue weighted by atomic mass is 16.5. The molecule has 0 saturated carbocycles. The molecule has 106 valence electrons. The van der Waals surface area contributed by atoms with Crippen molar-refractivity contribution in [3.05, 3.63) is 53.1 Å². The molecule has 0 aromatic heterocycles. The largest absolute Gasteiger partial charge is 0.496 e. The lowest BCUT2D eigenvalue weighted by Crippen LogP contribution is -2.12. The summed E-state index contributed by atoms with van der Waals surface area (Å²) in [5, 5.41) is 3.36. The zero-order valence-corrected chi connectivity index (χ0v) is 12.8. The third-order valence-corrected chi connectivity index (χ3v) is 3.69. The van der Waals surface area contributed by atoms with E-state index in [0.29, 0.717) is 0 Å². The van der Waals surface area contributed by atoms with E-state index in [1.54, 1.807) is 7.11 Å². The van der Waals surface area contributed by atoms with Crippen molar-refractivity contribution in [3.63, 3.8) is 0 Å². The van der Waals surface area contributed by atoms with Gasteiger partial charge in [0.2, 0.25) is 0 Å². The Morgan fingerprint density at radius 1 is 0.950 bits per heavy atom. The predicted molar refractivity (Wildman–Crippen MR) is 85.3 cm³/mol. The fourth-order valence-corrected chi connectivity index (χ4v) is 2.28. The molecule has 2 rings (SSSR count). The number of nitrogens with one attached hydrogen (secondary N) is 1. The molecule has 0 atom stereocenters. The lowest BCUT2D eigenvalue weighted by atomic mass is 9.98. The zero-order chi connectivity index (χ0) is 14.5. The van der Waals surface area contributed by atoms with Gasteiger partial charge in [-0.05, 0) is 54.8 Å². The molecule has 0 fully saturated rings. The van der Waals surface area contributed by atoms with Crippen LogP contribution in [0.5, 0.6) is 5.75 Å². The van der Waals surface area contributed by atoms with Gasteiger partial charge in [-0.2, -0.15) is 0 Å². The highest BCUT2D eigenvalue weighted by Crippen LogP contribution is 2.27. The van der Waals surface area contributed by atoms with Gasteiger partial charge in [0.1, 0.15) is 5.75 Å². The Kier molecular flexibility index (Phi) is 4.80. The average molecular weight is 269 g/mol. The fourth-order valence-electron chi connectivity index (χ4n) is 2.28. The Morgan fingerprint density at radius 2 is 1.65 bits per heavy atom. The first-order chi connectivity index (χ1) is 9.65. The van der Waals surface area contributed by atoms with Gasteiger partial charge in [0.05, 0.1) is 7.11 Å². The molecule has 2 aromatic carbocycles. The molecule has 0 aliphatic heterocycles. The summed E-state index contributed by atoms with van der Waals surface area (Å²) in [6.45, 7) is 8.20. The summed E-state index contributed by atoms with van der Waals surface area (Å²) in [6, 6.07) is 13.0. The molecule has 1 N–H and O–H groups in total. The van der Waals surface area contributed by atoms with E-state index < -0.39 is 0 Å². The maximum Gasteiger partial charge on any atom is 0.123 e. The summed E-state index contributed by atoms with van der Waals surface area (Å²) in [7, 11) is 1.72. The van der Waals surface area contributed by atoms with E-state index in [1.165, 1.54) is 27.8 Å². The molecule has 0 heterocycles. The molecule has 20 heavy (non-hydrogen) atoms. The maximum absolute atomic E-state index is 5.44. The predicted octanol–water partition coefficient (Wildman–Crippen LogP) is 4.09. The third-order valence-electron chi connectivity index (χ3n) is 3.69. The first-order valence-corrected chi connectivity index (χ1v) is 7.11. The van der Waals surface area contributed by atoms with Crippen LogP contribution >= 0.6 is 0 Å². The fraction of sp³-hybridized carbons (Fsp3) is 0.333. The van der Waals surface area contributed by atoms with Gasteiger partial charge < -0.3 is 10.1 Å². The van der Waals surface area contributed by atoms with E-state index in [1.807, 2.05) is 0 Å². The average Bonchev–Trinajstić information content (AvgIpc) is 2.47. The molecule has 0 saturated heterocycles. The van der Waals surface area contributed by atoms with Gasteiger partial charge in [-0.3, -0.25) is 0 Å². The quantitative estimate of drug-likeness (QED) is 0.882. The van der Waals surface area contributed by atoms with Crippen LogP contribution in [-0.2, 0) is 6.54 Å². The third kappa shape index (κ3) is 3.20. The molecule has 0 spiro atoms. The highest BCUT2D eigenvalue weighted by Gasteiger charge is 2.06. The van der Waals surface area contributed by atoms with Crippen molar-refractivity contribution in [1.82, 2.24) is 5.32 Å². The van der Waals surface area contributed by atoms with Gasteiger partial charge in [0, 0.05) is 12.1 Å². The standard InChI is InChI=1S/C18H23NO/c1-5-19-12-17-11-16(8-9-18(17)20-4)15-7-6-13(2)14(3)10-15/h6-11,19H,5,12H2,1-4H3. The Balaban J connectivity index is 2.38. The molecule has 2 heteroatoms. The summed E-state index contributed by atoms with van der Waals surface area (Å²) in [5.41, 5.74) is 6.35. The monoisotopic (exact) mass is 269 g/mol. The maximum atomic E-state index is 5.44. The van der Waals surface area contributed by atoms with Crippen LogP contribution in [0.1, 0.15) is 23.6 Å². The molecule has 0 radical (unpaired) electrons. The molecule has 2 aromatic rings. The second-order valence-corrected chi connectivity index (χ2v) is 5.11. The van der Waals surface area contributed by atoms with Gasteiger partial charge in [-0.1, -0.05) is 31.2 Å². The van der Waals surface area contributed by atoms with Crippen molar-refractivity contribution in [1.29, 1.82) is 0 Å². The topological polar surface area (TPSA) is 21.3 Å². The van der Waals surface area contributed by atoms with E-state index in [2.05, 4.69) is 62.5 Å². The van der Waals surface area contributed by atoms with Gasteiger partial charge in [-0.15, -0.1) is 0 Å². The van der Waals surface area contributed by atoms with E-state index in [0.717, 1.165) is 18.8 Å². The van der Waals surface area contributed by atoms with Gasteiger partial charge in [-0.25, -0.2) is 0 Å². The second-order valence-electron chi connectivity index (χ2n) is 5.11. The molecular weight excluding hydrogens is 246 g/mol. The number of rotatable bonds is 5. The lowest BCUT2D eigenvalue weighted by Gasteiger charge is -2.12. The Morgan fingerprint density at radius 3 is 2.30 bits per heavy atom. The zero-order valence-electron chi connectivity index (χ0n) is 12.8. The van der Waals surface area contributed by atoms with Crippen LogP contribution in [0.25, 0.3) is 11.1 Å². The highest BCUT2D eigenvalue weighted by molar-refractivity contribution is 5.67. The van der Waals surface area contributed by atoms with Crippen LogP contribution in [-0.4, -0.2) is 13.7 Å². The number of ether oxygens (including phenoxy) is 1. The van der Waals surface area contributed by atoms with E-state index in [9.17, 15) is 0 Å². The summed E-state index contributed by atoms with van der Waals surface area (Å²) in [4.78, 5) is 0. The number of hydrogen-bond acceptors (Lipinski definition) is 2. The minimum absolute atomic E-state index is 0.832. The molecule has 0 aliphatic rings. The molecule has 0 amide bonds. The van der Waals surface area contributed by atoms with Crippen molar-refractivity contribution in [2.45, 2.75) is 27.3 Å². The Labute approximate surface area is 121 Å². The van der Waals surface area contributed by atoms with Crippen molar-refractivity contribution in [2.24, 2.45) is 0 Å². The van der Waals surface area contributed by atoms with E-state index in [-0.39, 0.29) is 0 Å². The summed E-state index contributed by atoms with van der Waals surface area (Å²) >= 11 is 0. The van der Waals surface area contributed by atoms with Crippen molar-refractivity contribution in [3.8, 4) is 16.9 Å². The first kappa shape index (κ1) is 14.6. The minimum Gasteiger partial charge on any atom is -0.496 e. The smallest absolute Gasteiger partial charge is 0.123 e. The van der Waals surface area contributed by atoms with Crippen LogP contribution in [0.2, 0.25) is 0 Å². The molecular formula is C18H23NO. The van der Waals surface area contributed by atoms with Crippen LogP contribution in [0, 0.1) is 13.8 Å². The van der Waals surface area contributed by atoms with Crippen LogP contribution < -0.4 is 10.1 Å². The van der Waals surface area contributed by atoms with E-state index >= 15 is 0 Å². The van der Waals surface area contributed by atoms with Crippen molar-refractivity contribution < 1.29 is 4.74 Å². The normalized spacial score (nSPS) is 10.6. The van der Waals surface area contributed by atoms with Crippen LogP contribution in [0.3, 0.4) is 0 Å². The van der Waals surface area contributed by atoms with Crippen LogP contribution in [0.15, 0.2) is 36.4 Å². The lowest BCUT2D eigenvalue weighted by molar-refractivity contribution is 0.408. The van der Waals surface area contributed by atoms with Crippen molar-refractivity contribution in [2.75, 3.05) is 13.7 Å². The van der Waals surface area contributed by atoms with Gasteiger partial charge >= 0.3 is 0 Å². The SMILES string of the molecule is CCNCc1cc(-c2ccc(C)c(C)c2)ccc1OC. The van der Waals surface area contributed by atoms with Crippen molar-refractivity contribution >= 4 is 0 Å². The van der Waals surface area contributed by atoms with Gasteiger partial charge in [0.15, 0.2) is 0 Å².